The van der Waals surface area contributed by atoms with E-state index in [-0.39, 0.29) is 0 Å². The summed E-state index contributed by atoms with van der Waals surface area (Å²) in [6, 6.07) is 10.1. The highest BCUT2D eigenvalue weighted by atomic mass is 15.3. The van der Waals surface area contributed by atoms with Gasteiger partial charge in [-0.15, -0.1) is 10.2 Å². The minimum absolute atomic E-state index is 0.590. The van der Waals surface area contributed by atoms with Gasteiger partial charge < -0.3 is 10.3 Å². The fraction of sp³-hybridized carbons (Fsp3) is 0.467. The van der Waals surface area contributed by atoms with Crippen LogP contribution in [0.5, 0.6) is 0 Å². The Morgan fingerprint density at radius 3 is 2.74 bits per heavy atom. The lowest BCUT2D eigenvalue weighted by Crippen LogP contribution is -2.38. The van der Waals surface area contributed by atoms with Crippen molar-refractivity contribution in [2.75, 3.05) is 0 Å². The molecule has 2 atom stereocenters. The Kier molecular flexibility index (Phi) is 2.90. The molecule has 0 spiro atoms. The average molecular weight is 256 g/mol. The van der Waals surface area contributed by atoms with E-state index in [4.69, 9.17) is 5.73 Å². The van der Waals surface area contributed by atoms with Crippen LogP contribution in [0, 0.1) is 5.92 Å². The Balaban J connectivity index is 2.03. The van der Waals surface area contributed by atoms with Gasteiger partial charge in [0.15, 0.2) is 5.82 Å². The highest BCUT2D eigenvalue weighted by molar-refractivity contribution is 5.30. The van der Waals surface area contributed by atoms with Gasteiger partial charge in [-0.25, -0.2) is 0 Å². The zero-order valence-corrected chi connectivity index (χ0v) is 11.5. The summed E-state index contributed by atoms with van der Waals surface area (Å²) in [5.41, 5.74) is 7.02. The van der Waals surface area contributed by atoms with Crippen LogP contribution in [0.1, 0.15) is 37.5 Å². The van der Waals surface area contributed by atoms with Crippen LogP contribution in [-0.2, 0) is 18.5 Å². The van der Waals surface area contributed by atoms with Crippen LogP contribution in [0.25, 0.3) is 0 Å². The zero-order chi connectivity index (χ0) is 13.5. The number of hydrogen-bond acceptors (Lipinski definition) is 3. The maximum absolute atomic E-state index is 6.54. The number of rotatable bonds is 2. The van der Waals surface area contributed by atoms with Gasteiger partial charge in [-0.05, 0) is 24.8 Å². The first-order valence-corrected chi connectivity index (χ1v) is 6.86. The predicted molar refractivity (Wildman–Crippen MR) is 74.6 cm³/mol. The number of aromatic nitrogens is 3. The molecule has 1 aromatic heterocycles. The SMILES string of the molecule is CC1CCn2c(nnc2C(C)(N)c2ccccc2)C1. The van der Waals surface area contributed by atoms with E-state index < -0.39 is 5.54 Å². The van der Waals surface area contributed by atoms with Crippen LogP contribution in [-0.4, -0.2) is 14.8 Å². The van der Waals surface area contributed by atoms with Crippen molar-refractivity contribution in [2.24, 2.45) is 11.7 Å². The van der Waals surface area contributed by atoms with Crippen molar-refractivity contribution in [1.29, 1.82) is 0 Å². The molecule has 0 bridgehead atoms. The summed E-state index contributed by atoms with van der Waals surface area (Å²) < 4.78 is 2.20. The average Bonchev–Trinajstić information content (AvgIpc) is 2.83. The fourth-order valence-corrected chi connectivity index (χ4v) is 2.78. The third-order valence-electron chi connectivity index (χ3n) is 4.04. The molecule has 3 rings (SSSR count). The maximum atomic E-state index is 6.54. The standard InChI is InChI=1S/C15H20N4/c1-11-8-9-19-13(10-11)17-18-14(19)15(2,16)12-6-4-3-5-7-12/h3-7,11H,8-10,16H2,1-2H3. The molecule has 100 valence electrons. The number of nitrogens with zero attached hydrogens (tertiary/aromatic N) is 3. The van der Waals surface area contributed by atoms with Crippen LogP contribution >= 0.6 is 0 Å². The minimum Gasteiger partial charge on any atom is -0.315 e. The third-order valence-corrected chi connectivity index (χ3v) is 4.04. The lowest BCUT2D eigenvalue weighted by molar-refractivity contribution is 0.387. The largest absolute Gasteiger partial charge is 0.315 e. The molecule has 4 heteroatoms. The van der Waals surface area contributed by atoms with Gasteiger partial charge in [0, 0.05) is 13.0 Å². The molecule has 0 fully saturated rings. The van der Waals surface area contributed by atoms with Crippen molar-refractivity contribution in [3.63, 3.8) is 0 Å². The van der Waals surface area contributed by atoms with Gasteiger partial charge in [0.2, 0.25) is 0 Å². The molecule has 0 radical (unpaired) electrons. The Hall–Kier alpha value is -1.68. The van der Waals surface area contributed by atoms with E-state index in [9.17, 15) is 0 Å². The van der Waals surface area contributed by atoms with Crippen molar-refractivity contribution in [3.8, 4) is 0 Å². The number of benzene rings is 1. The van der Waals surface area contributed by atoms with Crippen molar-refractivity contribution in [2.45, 2.75) is 38.8 Å². The van der Waals surface area contributed by atoms with Gasteiger partial charge in [0.05, 0.1) is 5.54 Å². The second kappa shape index (κ2) is 4.46. The molecule has 0 amide bonds. The Labute approximate surface area is 113 Å². The third kappa shape index (κ3) is 2.06. The van der Waals surface area contributed by atoms with Gasteiger partial charge in [-0.2, -0.15) is 0 Å². The van der Waals surface area contributed by atoms with Crippen LogP contribution in [0.4, 0.5) is 0 Å². The molecule has 0 aliphatic carbocycles. The highest BCUT2D eigenvalue weighted by Crippen LogP contribution is 2.28. The van der Waals surface area contributed by atoms with E-state index in [0.717, 1.165) is 30.2 Å². The highest BCUT2D eigenvalue weighted by Gasteiger charge is 2.32. The summed E-state index contributed by atoms with van der Waals surface area (Å²) in [4.78, 5) is 0. The molecule has 0 saturated heterocycles. The molecule has 0 saturated carbocycles. The van der Waals surface area contributed by atoms with Crippen molar-refractivity contribution >= 4 is 0 Å². The molecule has 2 aromatic rings. The van der Waals surface area contributed by atoms with Crippen molar-refractivity contribution in [3.05, 3.63) is 47.5 Å². The summed E-state index contributed by atoms with van der Waals surface area (Å²) in [5, 5.41) is 8.70. The quantitative estimate of drug-likeness (QED) is 0.895. The molecule has 2 unspecified atom stereocenters. The zero-order valence-electron chi connectivity index (χ0n) is 11.5. The Morgan fingerprint density at radius 2 is 2.00 bits per heavy atom. The lowest BCUT2D eigenvalue weighted by Gasteiger charge is -2.28. The lowest BCUT2D eigenvalue weighted by atomic mass is 9.91. The van der Waals surface area contributed by atoms with E-state index in [2.05, 4.69) is 21.7 Å². The molecule has 1 aromatic carbocycles. The molecule has 19 heavy (non-hydrogen) atoms. The van der Waals surface area contributed by atoms with Gasteiger partial charge in [0.25, 0.3) is 0 Å². The summed E-state index contributed by atoms with van der Waals surface area (Å²) in [5.74, 6) is 2.63. The first kappa shape index (κ1) is 12.4. The summed E-state index contributed by atoms with van der Waals surface area (Å²) in [7, 11) is 0. The number of fused-ring (bicyclic) bond motifs is 1. The number of nitrogens with two attached hydrogens (primary N) is 1. The predicted octanol–water partition coefficient (Wildman–Crippen LogP) is 2.08. The minimum atomic E-state index is -0.590. The van der Waals surface area contributed by atoms with Crippen LogP contribution in [0.15, 0.2) is 30.3 Å². The first-order valence-electron chi connectivity index (χ1n) is 6.86. The maximum Gasteiger partial charge on any atom is 0.157 e. The molecule has 1 aliphatic heterocycles. The smallest absolute Gasteiger partial charge is 0.157 e. The van der Waals surface area contributed by atoms with Crippen LogP contribution < -0.4 is 5.73 Å². The van der Waals surface area contributed by atoms with E-state index in [1.165, 1.54) is 6.42 Å². The normalized spacial score (nSPS) is 21.7. The Bertz CT molecular complexity index is 571. The Morgan fingerprint density at radius 1 is 1.26 bits per heavy atom. The van der Waals surface area contributed by atoms with Gasteiger partial charge in [0.1, 0.15) is 5.82 Å². The van der Waals surface area contributed by atoms with E-state index >= 15 is 0 Å². The first-order chi connectivity index (χ1) is 9.09. The van der Waals surface area contributed by atoms with Crippen LogP contribution in [0.2, 0.25) is 0 Å². The molecule has 2 N–H and O–H groups in total. The van der Waals surface area contributed by atoms with E-state index in [1.54, 1.807) is 0 Å². The fourth-order valence-electron chi connectivity index (χ4n) is 2.78. The molecular formula is C15H20N4. The monoisotopic (exact) mass is 256 g/mol. The van der Waals surface area contributed by atoms with Gasteiger partial charge in [-0.1, -0.05) is 37.3 Å². The topological polar surface area (TPSA) is 56.7 Å². The second-order valence-corrected chi connectivity index (χ2v) is 5.76. The summed E-state index contributed by atoms with van der Waals surface area (Å²) in [6.07, 6.45) is 2.17. The van der Waals surface area contributed by atoms with E-state index in [0.29, 0.717) is 5.92 Å². The second-order valence-electron chi connectivity index (χ2n) is 5.76. The van der Waals surface area contributed by atoms with Crippen LogP contribution in [0.3, 0.4) is 0 Å². The summed E-state index contributed by atoms with van der Waals surface area (Å²) in [6.45, 7) is 5.24. The summed E-state index contributed by atoms with van der Waals surface area (Å²) >= 11 is 0. The van der Waals surface area contributed by atoms with Gasteiger partial charge in [-0.3, -0.25) is 0 Å². The van der Waals surface area contributed by atoms with E-state index in [1.807, 2.05) is 37.3 Å². The van der Waals surface area contributed by atoms with Gasteiger partial charge >= 0.3 is 0 Å². The molecular weight excluding hydrogens is 236 g/mol. The molecule has 1 aliphatic rings. The van der Waals surface area contributed by atoms with Crippen molar-refractivity contribution < 1.29 is 0 Å². The molecule has 4 nitrogen and oxygen atoms in total. The van der Waals surface area contributed by atoms with Crippen molar-refractivity contribution in [1.82, 2.24) is 14.8 Å². The number of hydrogen-bond donors (Lipinski definition) is 1. The molecule has 2 heterocycles.